The van der Waals surface area contributed by atoms with Gasteiger partial charge in [-0.05, 0) is 12.1 Å². The molecule has 0 unspecified atom stereocenters. The van der Waals surface area contributed by atoms with Crippen LogP contribution in [-0.2, 0) is 6.54 Å². The van der Waals surface area contributed by atoms with Gasteiger partial charge < -0.3 is 15.2 Å². The number of nitrogens with zero attached hydrogens (tertiary/aromatic N) is 2. The molecular formula is C14H14N4O4. The lowest BCUT2D eigenvalue weighted by molar-refractivity contribution is 0.0950. The molecule has 22 heavy (non-hydrogen) atoms. The van der Waals surface area contributed by atoms with E-state index in [-0.39, 0.29) is 24.1 Å². The predicted octanol–water partition coefficient (Wildman–Crippen LogP) is 1.51. The molecule has 2 aromatic rings. The largest absolute Gasteiger partial charge is 0.480 e. The second kappa shape index (κ2) is 7.02. The summed E-state index contributed by atoms with van der Waals surface area (Å²) in [5, 5.41) is 13.4. The third kappa shape index (κ3) is 3.92. The van der Waals surface area contributed by atoms with Crippen LogP contribution in [0.5, 0.6) is 5.88 Å². The first-order valence-corrected chi connectivity index (χ1v) is 6.33. The van der Waals surface area contributed by atoms with Crippen molar-refractivity contribution in [1.82, 2.24) is 15.3 Å². The van der Waals surface area contributed by atoms with Crippen molar-refractivity contribution in [2.75, 3.05) is 12.4 Å². The molecule has 0 saturated carbocycles. The van der Waals surface area contributed by atoms with Crippen LogP contribution in [0.1, 0.15) is 16.1 Å². The second-order valence-electron chi connectivity index (χ2n) is 4.19. The fraction of sp³-hybridized carbons (Fsp3) is 0.143. The third-order valence-corrected chi connectivity index (χ3v) is 2.69. The number of carbonyl (C=O) groups is 2. The molecule has 0 aliphatic heterocycles. The molecule has 2 rings (SSSR count). The predicted molar refractivity (Wildman–Crippen MR) is 77.8 cm³/mol. The lowest BCUT2D eigenvalue weighted by Gasteiger charge is -2.09. The standard InChI is InChI=1S/C14H14N4O4/c1-22-13-10(15-8-11(17-13)18-14(20)21)7-16-12(19)9-5-3-2-4-6-9/h2-6,8H,7H2,1H3,(H,16,19)(H,17,18)(H,20,21). The highest BCUT2D eigenvalue weighted by Gasteiger charge is 2.11. The molecule has 1 heterocycles. The van der Waals surface area contributed by atoms with Crippen molar-refractivity contribution in [3.8, 4) is 5.88 Å². The van der Waals surface area contributed by atoms with Gasteiger partial charge in [0.2, 0.25) is 5.88 Å². The zero-order valence-corrected chi connectivity index (χ0v) is 11.7. The minimum absolute atomic E-state index is 0.0440. The van der Waals surface area contributed by atoms with Gasteiger partial charge >= 0.3 is 6.09 Å². The number of nitrogens with one attached hydrogen (secondary N) is 2. The average molecular weight is 302 g/mol. The monoisotopic (exact) mass is 302 g/mol. The first kappa shape index (κ1) is 15.2. The van der Waals surface area contributed by atoms with E-state index in [2.05, 4.69) is 20.6 Å². The normalized spacial score (nSPS) is 9.86. The minimum atomic E-state index is -1.25. The Balaban J connectivity index is 2.06. The molecule has 0 bridgehead atoms. The van der Waals surface area contributed by atoms with Crippen LogP contribution in [0, 0.1) is 0 Å². The quantitative estimate of drug-likeness (QED) is 0.771. The summed E-state index contributed by atoms with van der Waals surface area (Å²) < 4.78 is 5.05. The molecule has 2 amide bonds. The Morgan fingerprint density at radius 3 is 2.64 bits per heavy atom. The number of carbonyl (C=O) groups excluding carboxylic acids is 1. The first-order valence-electron chi connectivity index (χ1n) is 6.33. The van der Waals surface area contributed by atoms with Gasteiger partial charge in [-0.1, -0.05) is 18.2 Å². The molecule has 0 saturated heterocycles. The summed E-state index contributed by atoms with van der Waals surface area (Å²) in [6.07, 6.45) is 0.00202. The maximum atomic E-state index is 11.9. The van der Waals surface area contributed by atoms with Gasteiger partial charge in [-0.15, -0.1) is 0 Å². The molecule has 0 spiro atoms. The van der Waals surface area contributed by atoms with Crippen LogP contribution in [0.3, 0.4) is 0 Å². The van der Waals surface area contributed by atoms with Gasteiger partial charge in [-0.3, -0.25) is 10.1 Å². The van der Waals surface area contributed by atoms with E-state index in [1.54, 1.807) is 24.3 Å². The second-order valence-corrected chi connectivity index (χ2v) is 4.19. The summed E-state index contributed by atoms with van der Waals surface area (Å²) in [5.74, 6) is -0.0701. The van der Waals surface area contributed by atoms with E-state index in [0.717, 1.165) is 0 Å². The number of hydrogen-bond donors (Lipinski definition) is 3. The maximum absolute atomic E-state index is 11.9. The van der Waals surface area contributed by atoms with Gasteiger partial charge in [0.05, 0.1) is 19.9 Å². The molecule has 0 fully saturated rings. The van der Waals surface area contributed by atoms with Gasteiger partial charge in [-0.2, -0.15) is 4.98 Å². The molecule has 114 valence electrons. The van der Waals surface area contributed by atoms with Crippen molar-refractivity contribution >= 4 is 17.8 Å². The molecule has 1 aromatic carbocycles. The van der Waals surface area contributed by atoms with Crippen LogP contribution < -0.4 is 15.4 Å². The number of ether oxygens (including phenoxy) is 1. The molecule has 8 nitrogen and oxygen atoms in total. The highest BCUT2D eigenvalue weighted by Crippen LogP contribution is 2.15. The zero-order chi connectivity index (χ0) is 15.9. The Bertz CT molecular complexity index is 676. The number of carboxylic acid groups (broad SMARTS) is 1. The van der Waals surface area contributed by atoms with Crippen LogP contribution in [0.15, 0.2) is 36.5 Å². The zero-order valence-electron chi connectivity index (χ0n) is 11.7. The molecule has 0 aliphatic carbocycles. The first-order chi connectivity index (χ1) is 10.6. The summed E-state index contributed by atoms with van der Waals surface area (Å²) in [5.41, 5.74) is 0.918. The molecule has 1 aromatic heterocycles. The number of methoxy groups -OCH3 is 1. The minimum Gasteiger partial charge on any atom is -0.480 e. The van der Waals surface area contributed by atoms with Crippen molar-refractivity contribution in [2.45, 2.75) is 6.54 Å². The summed E-state index contributed by atoms with van der Waals surface area (Å²) in [4.78, 5) is 30.5. The Hall–Kier alpha value is -3.16. The van der Waals surface area contributed by atoms with E-state index >= 15 is 0 Å². The topological polar surface area (TPSA) is 113 Å². The van der Waals surface area contributed by atoms with Gasteiger partial charge in [0.25, 0.3) is 5.91 Å². The molecule has 0 radical (unpaired) electrons. The highest BCUT2D eigenvalue weighted by atomic mass is 16.5. The molecule has 0 aliphatic rings. The lowest BCUT2D eigenvalue weighted by atomic mass is 10.2. The molecular weight excluding hydrogens is 288 g/mol. The highest BCUT2D eigenvalue weighted by molar-refractivity contribution is 5.94. The van der Waals surface area contributed by atoms with Crippen LogP contribution >= 0.6 is 0 Å². The van der Waals surface area contributed by atoms with E-state index in [1.165, 1.54) is 13.3 Å². The van der Waals surface area contributed by atoms with E-state index in [1.807, 2.05) is 6.07 Å². The number of hydrogen-bond acceptors (Lipinski definition) is 5. The Morgan fingerprint density at radius 2 is 2.00 bits per heavy atom. The summed E-state index contributed by atoms with van der Waals surface area (Å²) in [6, 6.07) is 8.74. The van der Waals surface area contributed by atoms with Crippen LogP contribution in [-0.4, -0.2) is 34.2 Å². The molecule has 0 atom stereocenters. The van der Waals surface area contributed by atoms with E-state index in [0.29, 0.717) is 11.3 Å². The fourth-order valence-electron chi connectivity index (χ4n) is 1.71. The van der Waals surface area contributed by atoms with Gasteiger partial charge in [0, 0.05) is 5.56 Å². The number of amides is 2. The number of aromatic nitrogens is 2. The van der Waals surface area contributed by atoms with Crippen LogP contribution in [0.2, 0.25) is 0 Å². The van der Waals surface area contributed by atoms with E-state index in [4.69, 9.17) is 9.84 Å². The van der Waals surface area contributed by atoms with Gasteiger partial charge in [0.15, 0.2) is 5.82 Å². The summed E-state index contributed by atoms with van der Waals surface area (Å²) >= 11 is 0. The van der Waals surface area contributed by atoms with Gasteiger partial charge in [-0.25, -0.2) is 9.78 Å². The van der Waals surface area contributed by atoms with Crippen molar-refractivity contribution in [3.05, 3.63) is 47.8 Å². The van der Waals surface area contributed by atoms with Crippen molar-refractivity contribution in [1.29, 1.82) is 0 Å². The Kier molecular flexibility index (Phi) is 4.86. The summed E-state index contributed by atoms with van der Waals surface area (Å²) in [6.45, 7) is 0.108. The van der Waals surface area contributed by atoms with Crippen molar-refractivity contribution in [3.63, 3.8) is 0 Å². The number of benzene rings is 1. The average Bonchev–Trinajstić information content (AvgIpc) is 2.53. The van der Waals surface area contributed by atoms with Gasteiger partial charge in [0.1, 0.15) is 5.69 Å². The van der Waals surface area contributed by atoms with Crippen LogP contribution in [0.4, 0.5) is 10.6 Å². The van der Waals surface area contributed by atoms with E-state index in [9.17, 15) is 9.59 Å². The summed E-state index contributed by atoms with van der Waals surface area (Å²) in [7, 11) is 1.39. The fourth-order valence-corrected chi connectivity index (χ4v) is 1.71. The number of rotatable bonds is 5. The molecule has 8 heteroatoms. The molecule has 3 N–H and O–H groups in total. The van der Waals surface area contributed by atoms with Crippen molar-refractivity contribution in [2.24, 2.45) is 0 Å². The Labute approximate surface area is 126 Å². The smallest absolute Gasteiger partial charge is 0.410 e. The van der Waals surface area contributed by atoms with E-state index < -0.39 is 6.09 Å². The van der Waals surface area contributed by atoms with Crippen molar-refractivity contribution < 1.29 is 19.4 Å². The number of anilines is 1. The Morgan fingerprint density at radius 1 is 1.27 bits per heavy atom. The lowest BCUT2D eigenvalue weighted by Crippen LogP contribution is -2.24. The van der Waals surface area contributed by atoms with Crippen LogP contribution in [0.25, 0.3) is 0 Å². The maximum Gasteiger partial charge on any atom is 0.410 e. The SMILES string of the molecule is COc1nc(NC(=O)O)cnc1CNC(=O)c1ccccc1. The third-order valence-electron chi connectivity index (χ3n) is 2.69.